The Hall–Kier alpha value is -2.89. The van der Waals surface area contributed by atoms with Crippen LogP contribution in [-0.2, 0) is 6.42 Å². The number of hydrogen-bond donors (Lipinski definition) is 2. The fourth-order valence-corrected chi connectivity index (χ4v) is 6.11. The molecule has 4 aromatic carbocycles. The zero-order chi connectivity index (χ0) is 23.4. The zero-order valence-corrected chi connectivity index (χ0v) is 20.2. The monoisotopic (exact) mass is 466 g/mol. The van der Waals surface area contributed by atoms with Gasteiger partial charge in [-0.05, 0) is 54.1 Å². The van der Waals surface area contributed by atoms with E-state index in [1.165, 1.54) is 27.1 Å². The van der Waals surface area contributed by atoms with Crippen LogP contribution in [0.4, 0.5) is 0 Å². The summed E-state index contributed by atoms with van der Waals surface area (Å²) < 4.78 is 2.44. The molecule has 0 aliphatic carbocycles. The minimum atomic E-state index is -0.555. The number of benzene rings is 4. The Morgan fingerprint density at radius 3 is 1.91 bits per heavy atom. The van der Waals surface area contributed by atoms with Crippen molar-refractivity contribution in [2.45, 2.75) is 36.0 Å². The second-order valence-corrected chi connectivity index (χ2v) is 10.1. The number of aliphatic hydroxyl groups is 1. The Labute approximate surface area is 206 Å². The van der Waals surface area contributed by atoms with Gasteiger partial charge in [0.2, 0.25) is 0 Å². The summed E-state index contributed by atoms with van der Waals surface area (Å²) in [4.78, 5) is 1.18. The van der Waals surface area contributed by atoms with Crippen LogP contribution in [0.25, 0.3) is 0 Å². The lowest BCUT2D eigenvalue weighted by Gasteiger charge is -2.36. The first-order valence-electron chi connectivity index (χ1n) is 11.7. The Kier molecular flexibility index (Phi) is 6.84. The summed E-state index contributed by atoms with van der Waals surface area (Å²) in [6, 6.07) is 40.2. The minimum absolute atomic E-state index is 0.0236. The Morgan fingerprint density at radius 2 is 1.32 bits per heavy atom. The first-order chi connectivity index (χ1) is 16.7. The molecule has 4 aromatic rings. The molecule has 4 heteroatoms. The molecule has 0 unspecified atom stereocenters. The fourth-order valence-electron chi connectivity index (χ4n) is 4.90. The van der Waals surface area contributed by atoms with Crippen molar-refractivity contribution in [1.82, 2.24) is 9.62 Å². The van der Waals surface area contributed by atoms with E-state index in [0.717, 1.165) is 6.42 Å². The molecule has 2 N–H and O–H groups in total. The third kappa shape index (κ3) is 4.68. The molecule has 0 bridgehead atoms. The van der Waals surface area contributed by atoms with Gasteiger partial charge in [0.25, 0.3) is 0 Å². The fraction of sp³-hybridized carbons (Fsp3) is 0.200. The molecule has 1 aliphatic heterocycles. The Morgan fingerprint density at radius 1 is 0.765 bits per heavy atom. The lowest BCUT2D eigenvalue weighted by molar-refractivity contribution is 0.150. The van der Waals surface area contributed by atoms with E-state index in [9.17, 15) is 5.11 Å². The number of aryl methyl sites for hydroxylation is 1. The lowest BCUT2D eigenvalue weighted by Crippen LogP contribution is -2.50. The SMILES string of the molecule is Cc1ccc(SN2[C@@H](c3ccccc3)N[C@](CO)(Cc3ccccc3)[C@H]2c2ccccc2)cc1. The van der Waals surface area contributed by atoms with Crippen molar-refractivity contribution in [3.05, 3.63) is 138 Å². The van der Waals surface area contributed by atoms with Gasteiger partial charge in [0, 0.05) is 4.90 Å². The van der Waals surface area contributed by atoms with Crippen LogP contribution in [-0.4, -0.2) is 21.6 Å². The Balaban J connectivity index is 1.63. The minimum Gasteiger partial charge on any atom is -0.394 e. The molecule has 34 heavy (non-hydrogen) atoms. The first kappa shape index (κ1) is 22.9. The van der Waals surface area contributed by atoms with Crippen LogP contribution in [0.1, 0.15) is 34.5 Å². The molecule has 3 atom stereocenters. The summed E-state index contributed by atoms with van der Waals surface area (Å²) >= 11 is 1.75. The van der Waals surface area contributed by atoms with E-state index < -0.39 is 5.54 Å². The maximum absolute atomic E-state index is 11.0. The van der Waals surface area contributed by atoms with Crippen molar-refractivity contribution in [3.63, 3.8) is 0 Å². The van der Waals surface area contributed by atoms with Gasteiger partial charge in [0.15, 0.2) is 0 Å². The second kappa shape index (κ2) is 10.2. The van der Waals surface area contributed by atoms with Gasteiger partial charge < -0.3 is 5.11 Å². The number of nitrogens with one attached hydrogen (secondary N) is 1. The van der Waals surface area contributed by atoms with Crippen LogP contribution < -0.4 is 5.32 Å². The molecule has 1 saturated heterocycles. The van der Waals surface area contributed by atoms with E-state index in [1.807, 2.05) is 12.1 Å². The van der Waals surface area contributed by atoms with Crippen LogP contribution in [0.15, 0.2) is 120 Å². The van der Waals surface area contributed by atoms with Crippen molar-refractivity contribution in [3.8, 4) is 0 Å². The van der Waals surface area contributed by atoms with Crippen molar-refractivity contribution >= 4 is 11.9 Å². The van der Waals surface area contributed by atoms with Crippen molar-refractivity contribution in [2.75, 3.05) is 6.61 Å². The summed E-state index contributed by atoms with van der Waals surface area (Å²) in [6.07, 6.45) is 0.659. The van der Waals surface area contributed by atoms with Gasteiger partial charge in [-0.1, -0.05) is 109 Å². The van der Waals surface area contributed by atoms with E-state index in [2.05, 4.69) is 120 Å². The lowest BCUT2D eigenvalue weighted by atomic mass is 9.82. The molecule has 1 fully saturated rings. The van der Waals surface area contributed by atoms with Gasteiger partial charge >= 0.3 is 0 Å². The van der Waals surface area contributed by atoms with Crippen LogP contribution in [0.2, 0.25) is 0 Å². The van der Waals surface area contributed by atoms with E-state index in [0.29, 0.717) is 0 Å². The zero-order valence-electron chi connectivity index (χ0n) is 19.3. The molecule has 3 nitrogen and oxygen atoms in total. The summed E-state index contributed by atoms with van der Waals surface area (Å²) in [5, 5.41) is 14.9. The van der Waals surface area contributed by atoms with Crippen molar-refractivity contribution < 1.29 is 5.11 Å². The highest BCUT2D eigenvalue weighted by atomic mass is 32.2. The van der Waals surface area contributed by atoms with Crippen LogP contribution in [0.3, 0.4) is 0 Å². The van der Waals surface area contributed by atoms with Crippen LogP contribution >= 0.6 is 11.9 Å². The highest BCUT2D eigenvalue weighted by molar-refractivity contribution is 7.97. The number of nitrogens with zero attached hydrogens (tertiary/aromatic N) is 1. The number of rotatable bonds is 7. The average molecular weight is 467 g/mol. The van der Waals surface area contributed by atoms with Crippen molar-refractivity contribution in [1.29, 1.82) is 0 Å². The molecular formula is C30H30N2OS. The molecular weight excluding hydrogens is 436 g/mol. The largest absolute Gasteiger partial charge is 0.394 e. The van der Waals surface area contributed by atoms with Gasteiger partial charge in [-0.15, -0.1) is 0 Å². The topological polar surface area (TPSA) is 35.5 Å². The van der Waals surface area contributed by atoms with E-state index in [4.69, 9.17) is 0 Å². The summed E-state index contributed by atoms with van der Waals surface area (Å²) in [7, 11) is 0. The maximum Gasteiger partial charge on any atom is 0.0972 e. The van der Waals surface area contributed by atoms with Gasteiger partial charge in [-0.3, -0.25) is 5.32 Å². The van der Waals surface area contributed by atoms with Gasteiger partial charge in [-0.2, -0.15) is 0 Å². The first-order valence-corrected chi connectivity index (χ1v) is 12.5. The quantitative estimate of drug-likeness (QED) is 0.312. The van der Waals surface area contributed by atoms with Crippen molar-refractivity contribution in [2.24, 2.45) is 0 Å². The molecule has 5 rings (SSSR count). The van der Waals surface area contributed by atoms with E-state index in [-0.39, 0.29) is 18.8 Å². The maximum atomic E-state index is 11.0. The molecule has 0 aromatic heterocycles. The molecule has 0 radical (unpaired) electrons. The predicted molar refractivity (Wildman–Crippen MR) is 140 cm³/mol. The van der Waals surface area contributed by atoms with Gasteiger partial charge in [-0.25, -0.2) is 4.31 Å². The molecule has 0 amide bonds. The summed E-state index contributed by atoms with van der Waals surface area (Å²) in [5.74, 6) is 0. The summed E-state index contributed by atoms with van der Waals surface area (Å²) in [5.41, 5.74) is 4.28. The molecule has 0 saturated carbocycles. The molecule has 1 aliphatic rings. The Bertz CT molecular complexity index is 1180. The van der Waals surface area contributed by atoms with Crippen LogP contribution in [0.5, 0.6) is 0 Å². The third-order valence-electron chi connectivity index (χ3n) is 6.56. The van der Waals surface area contributed by atoms with Crippen LogP contribution in [0, 0.1) is 6.92 Å². The average Bonchev–Trinajstić information content (AvgIpc) is 3.21. The van der Waals surface area contributed by atoms with Gasteiger partial charge in [0.1, 0.15) is 0 Å². The molecule has 0 spiro atoms. The van der Waals surface area contributed by atoms with E-state index in [1.54, 1.807) is 11.9 Å². The number of aliphatic hydroxyl groups excluding tert-OH is 1. The predicted octanol–water partition coefficient (Wildman–Crippen LogP) is 6.32. The van der Waals surface area contributed by atoms with Gasteiger partial charge in [0.05, 0.1) is 24.4 Å². The highest BCUT2D eigenvalue weighted by Gasteiger charge is 2.53. The molecule has 1 heterocycles. The highest BCUT2D eigenvalue weighted by Crippen LogP contribution is 2.51. The smallest absolute Gasteiger partial charge is 0.0972 e. The normalized spacial score (nSPS) is 22.6. The standard InChI is InChI=1S/C30H30N2OS/c1-23-17-19-27(20-18-23)34-32-28(25-13-7-3-8-14-25)30(22-33,21-24-11-5-2-6-12-24)31-29(32)26-15-9-4-10-16-26/h2-20,28-29,31,33H,21-22H2,1H3/t28-,29+,30+/m1/s1. The number of hydrogen-bond acceptors (Lipinski definition) is 4. The summed E-state index contributed by atoms with van der Waals surface area (Å²) in [6.45, 7) is 2.14. The third-order valence-corrected chi connectivity index (χ3v) is 7.68. The van der Waals surface area contributed by atoms with E-state index >= 15 is 0 Å². The molecule has 172 valence electrons. The second-order valence-electron chi connectivity index (χ2n) is 9.01.